The maximum atomic E-state index is 13.2. The summed E-state index contributed by atoms with van der Waals surface area (Å²) in [5, 5.41) is 9.29. The number of hydrogen-bond acceptors (Lipinski definition) is 4. The van der Waals surface area contributed by atoms with Gasteiger partial charge in [-0.1, -0.05) is 65.1 Å². The number of nitrogens with one attached hydrogen (secondary N) is 3. The summed E-state index contributed by atoms with van der Waals surface area (Å²) in [4.78, 5) is 39.5. The number of rotatable bonds is 9. The molecule has 3 amide bonds. The molecule has 0 aromatic heterocycles. The molecule has 0 fully saturated rings. The van der Waals surface area contributed by atoms with Crippen LogP contribution in [0.2, 0.25) is 15.1 Å². The van der Waals surface area contributed by atoms with Gasteiger partial charge in [0.15, 0.2) is 0 Å². The van der Waals surface area contributed by atoms with Gasteiger partial charge in [0.2, 0.25) is 5.91 Å². The van der Waals surface area contributed by atoms with Gasteiger partial charge >= 0.3 is 0 Å². The van der Waals surface area contributed by atoms with E-state index in [1.165, 1.54) is 11.8 Å². The van der Waals surface area contributed by atoms with Gasteiger partial charge in [-0.2, -0.15) is 0 Å². The zero-order valence-corrected chi connectivity index (χ0v) is 24.7. The SMILES string of the molecule is CC(Sc1ccc(NC(=O)/C(=C/c2ccc(Cl)cc2)NC(=O)c2ccccc2)cc1)C(=O)Nc1ccc(Cl)cc1Cl. The van der Waals surface area contributed by atoms with Gasteiger partial charge in [-0.05, 0) is 85.3 Å². The topological polar surface area (TPSA) is 87.3 Å². The van der Waals surface area contributed by atoms with Gasteiger partial charge in [0, 0.05) is 26.2 Å². The Labute approximate surface area is 257 Å². The molecule has 6 nitrogen and oxygen atoms in total. The molecule has 0 aliphatic heterocycles. The predicted octanol–water partition coefficient (Wildman–Crippen LogP) is 8.18. The Morgan fingerprint density at radius 2 is 1.44 bits per heavy atom. The van der Waals surface area contributed by atoms with Crippen LogP contribution in [0.5, 0.6) is 0 Å². The van der Waals surface area contributed by atoms with Gasteiger partial charge in [0.1, 0.15) is 5.70 Å². The first-order valence-corrected chi connectivity index (χ1v) is 14.4. The van der Waals surface area contributed by atoms with Gasteiger partial charge in [-0.3, -0.25) is 14.4 Å². The van der Waals surface area contributed by atoms with E-state index in [4.69, 9.17) is 34.8 Å². The second kappa shape index (κ2) is 14.2. The highest BCUT2D eigenvalue weighted by atomic mass is 35.5. The third-order valence-electron chi connectivity index (χ3n) is 5.69. The number of halogens is 3. The summed E-state index contributed by atoms with van der Waals surface area (Å²) >= 11 is 19.4. The minimum absolute atomic E-state index is 0.0609. The van der Waals surface area contributed by atoms with Crippen LogP contribution < -0.4 is 16.0 Å². The molecule has 4 aromatic carbocycles. The largest absolute Gasteiger partial charge is 0.324 e. The minimum Gasteiger partial charge on any atom is -0.324 e. The van der Waals surface area contributed by atoms with Crippen LogP contribution in [0.25, 0.3) is 6.08 Å². The molecule has 4 aromatic rings. The Kier molecular flexibility index (Phi) is 10.5. The molecule has 0 radical (unpaired) electrons. The number of benzene rings is 4. The summed E-state index contributed by atoms with van der Waals surface area (Å²) in [6, 6.07) is 27.4. The summed E-state index contributed by atoms with van der Waals surface area (Å²) in [5.74, 6) is -1.14. The fraction of sp³-hybridized carbons (Fsp3) is 0.0645. The molecule has 0 saturated carbocycles. The lowest BCUT2D eigenvalue weighted by Gasteiger charge is -2.14. The van der Waals surface area contributed by atoms with Crippen molar-refractivity contribution in [2.75, 3.05) is 10.6 Å². The lowest BCUT2D eigenvalue weighted by Crippen LogP contribution is -2.30. The van der Waals surface area contributed by atoms with Crippen molar-refractivity contribution < 1.29 is 14.4 Å². The first-order valence-electron chi connectivity index (χ1n) is 12.4. The van der Waals surface area contributed by atoms with E-state index in [1.807, 2.05) is 0 Å². The minimum atomic E-state index is -0.503. The average Bonchev–Trinajstić information content (AvgIpc) is 2.96. The fourth-order valence-electron chi connectivity index (χ4n) is 3.57. The van der Waals surface area contributed by atoms with Crippen molar-refractivity contribution in [3.8, 4) is 0 Å². The van der Waals surface area contributed by atoms with E-state index in [0.29, 0.717) is 37.6 Å². The van der Waals surface area contributed by atoms with Crippen LogP contribution in [0.1, 0.15) is 22.8 Å². The first kappa shape index (κ1) is 30.2. The Morgan fingerprint density at radius 3 is 2.10 bits per heavy atom. The monoisotopic (exact) mass is 623 g/mol. The van der Waals surface area contributed by atoms with Crippen molar-refractivity contribution in [2.45, 2.75) is 17.1 Å². The molecule has 0 saturated heterocycles. The zero-order valence-electron chi connectivity index (χ0n) is 21.7. The normalized spacial score (nSPS) is 11.9. The highest BCUT2D eigenvalue weighted by Gasteiger charge is 2.17. The molecule has 0 aliphatic carbocycles. The van der Waals surface area contributed by atoms with Crippen LogP contribution in [0.15, 0.2) is 108 Å². The lowest BCUT2D eigenvalue weighted by atomic mass is 10.1. The Balaban J connectivity index is 1.42. The maximum absolute atomic E-state index is 13.2. The molecule has 0 spiro atoms. The van der Waals surface area contributed by atoms with Gasteiger partial charge in [-0.25, -0.2) is 0 Å². The molecular formula is C31H24Cl3N3O3S. The lowest BCUT2D eigenvalue weighted by molar-refractivity contribution is -0.115. The number of anilines is 2. The van der Waals surface area contributed by atoms with Crippen LogP contribution in [-0.4, -0.2) is 23.0 Å². The molecule has 208 valence electrons. The molecule has 10 heteroatoms. The van der Waals surface area contributed by atoms with Crippen molar-refractivity contribution in [3.05, 3.63) is 129 Å². The van der Waals surface area contributed by atoms with E-state index < -0.39 is 17.1 Å². The van der Waals surface area contributed by atoms with Crippen molar-refractivity contribution in [1.29, 1.82) is 0 Å². The molecule has 41 heavy (non-hydrogen) atoms. The van der Waals surface area contributed by atoms with Crippen molar-refractivity contribution in [3.63, 3.8) is 0 Å². The van der Waals surface area contributed by atoms with Gasteiger partial charge in [0.05, 0.1) is 16.0 Å². The van der Waals surface area contributed by atoms with Crippen molar-refractivity contribution in [1.82, 2.24) is 5.32 Å². The summed E-state index contributed by atoms with van der Waals surface area (Å²) in [6.07, 6.45) is 1.57. The van der Waals surface area contributed by atoms with E-state index in [2.05, 4.69) is 16.0 Å². The number of hydrogen-bond donors (Lipinski definition) is 3. The second-order valence-electron chi connectivity index (χ2n) is 8.78. The zero-order chi connectivity index (χ0) is 29.4. The van der Waals surface area contributed by atoms with Crippen LogP contribution >= 0.6 is 46.6 Å². The standard InChI is InChI=1S/C31H24Cl3N3O3S/c1-19(29(38)36-27-16-11-23(33)18-26(27)34)41-25-14-12-24(13-15-25)35-31(40)28(17-20-7-9-22(32)10-8-20)37-30(39)21-5-3-2-4-6-21/h2-19H,1H3,(H,35,40)(H,36,38)(H,37,39)/b28-17-. The predicted molar refractivity (Wildman–Crippen MR) is 169 cm³/mol. The highest BCUT2D eigenvalue weighted by molar-refractivity contribution is 8.00. The second-order valence-corrected chi connectivity index (χ2v) is 11.5. The molecule has 3 N–H and O–H groups in total. The van der Waals surface area contributed by atoms with Gasteiger partial charge in [0.25, 0.3) is 11.8 Å². The number of amides is 3. The van der Waals surface area contributed by atoms with E-state index >= 15 is 0 Å². The molecular weight excluding hydrogens is 601 g/mol. The molecule has 0 bridgehead atoms. The first-order chi connectivity index (χ1) is 19.7. The number of carbonyl (C=O) groups is 3. The molecule has 0 heterocycles. The summed E-state index contributed by atoms with van der Waals surface area (Å²) in [6.45, 7) is 1.78. The van der Waals surface area contributed by atoms with Gasteiger partial charge < -0.3 is 16.0 Å². The maximum Gasteiger partial charge on any atom is 0.272 e. The Hall–Kier alpha value is -3.75. The van der Waals surface area contributed by atoms with Crippen LogP contribution in [0.3, 0.4) is 0 Å². The summed E-state index contributed by atoms with van der Waals surface area (Å²) in [7, 11) is 0. The summed E-state index contributed by atoms with van der Waals surface area (Å²) in [5.41, 5.74) is 2.16. The van der Waals surface area contributed by atoms with Crippen molar-refractivity contribution in [2.24, 2.45) is 0 Å². The molecule has 1 unspecified atom stereocenters. The average molecular weight is 625 g/mol. The third-order valence-corrected chi connectivity index (χ3v) is 7.60. The van der Waals surface area contributed by atoms with Crippen LogP contribution in [0, 0.1) is 0 Å². The van der Waals surface area contributed by atoms with Crippen LogP contribution in [-0.2, 0) is 9.59 Å². The van der Waals surface area contributed by atoms with E-state index in [-0.39, 0.29) is 11.6 Å². The third kappa shape index (κ3) is 8.87. The molecule has 0 aliphatic rings. The smallest absolute Gasteiger partial charge is 0.272 e. The quantitative estimate of drug-likeness (QED) is 0.129. The molecule has 1 atom stereocenters. The van der Waals surface area contributed by atoms with Gasteiger partial charge in [-0.15, -0.1) is 11.8 Å². The van der Waals surface area contributed by atoms with E-state index in [1.54, 1.807) is 110 Å². The van der Waals surface area contributed by atoms with Crippen LogP contribution in [0.4, 0.5) is 11.4 Å². The van der Waals surface area contributed by atoms with E-state index in [9.17, 15) is 14.4 Å². The Morgan fingerprint density at radius 1 is 0.780 bits per heavy atom. The Bertz CT molecular complexity index is 1580. The van der Waals surface area contributed by atoms with E-state index in [0.717, 1.165) is 4.90 Å². The van der Waals surface area contributed by atoms with Crippen molar-refractivity contribution >= 4 is 81.7 Å². The molecule has 4 rings (SSSR count). The summed E-state index contributed by atoms with van der Waals surface area (Å²) < 4.78 is 0. The highest BCUT2D eigenvalue weighted by Crippen LogP contribution is 2.29. The number of carbonyl (C=O) groups excluding carboxylic acids is 3. The fourth-order valence-corrected chi connectivity index (χ4v) is 5.02. The number of thioether (sulfide) groups is 1.